The first-order chi connectivity index (χ1) is 24.6. The number of carbonyl (C=O) groups excluding carboxylic acids is 2. The van der Waals surface area contributed by atoms with E-state index in [1.54, 1.807) is 6.92 Å². The number of hydrogen-bond donors (Lipinski definition) is 2. The standard InChI is InChI=1S/C31H43N5.C7H12O.C6H12O/c1-6-7-10-24(2)21-33-29(22-32-3)27-16-12-25(13-17-27)26-14-18-28(19-15-26)30-23-34-31(35-30)11-8-9-20-36(4)5;8-6-7-4-2-1-3-5-7;1-5(2)4-6(3)7/h12-19,22-24,33H,3,6-11,20-21H2,1-2,4-5H3,(H,34,35);6-7H,1-5H2;5H,4H2,1-3H3/b29-22-;;/t24-;;/m0../s1. The highest BCUT2D eigenvalue weighted by atomic mass is 16.1. The van der Waals surface area contributed by atoms with Crippen LogP contribution in [-0.4, -0.2) is 60.8 Å². The Morgan fingerprint density at radius 3 is 2.12 bits per heavy atom. The highest BCUT2D eigenvalue weighted by Gasteiger charge is 2.11. The van der Waals surface area contributed by atoms with E-state index in [2.05, 4.69) is 108 Å². The molecule has 0 aliphatic heterocycles. The van der Waals surface area contributed by atoms with Crippen LogP contribution in [0.15, 0.2) is 65.9 Å². The molecule has 2 N–H and O–H groups in total. The largest absolute Gasteiger partial charge is 0.383 e. The van der Waals surface area contributed by atoms with E-state index in [4.69, 9.17) is 0 Å². The summed E-state index contributed by atoms with van der Waals surface area (Å²) in [6.07, 6.45) is 18.8. The van der Waals surface area contributed by atoms with Crippen molar-refractivity contribution in [3.8, 4) is 22.4 Å². The number of aromatic nitrogens is 2. The Balaban J connectivity index is 0.000000495. The zero-order chi connectivity index (χ0) is 37.4. The van der Waals surface area contributed by atoms with Crippen molar-refractivity contribution < 1.29 is 9.59 Å². The normalized spacial score (nSPS) is 13.9. The van der Waals surface area contributed by atoms with Gasteiger partial charge in [-0.2, -0.15) is 0 Å². The summed E-state index contributed by atoms with van der Waals surface area (Å²) in [5.74, 6) is 2.91. The number of H-pyrrole nitrogens is 1. The SMILES string of the molecule is C=N/C=C(\NC[C@@H](C)CCCC)c1ccc(-c2ccc(-c3cnc(CCCCN(C)C)[nH]3)cc2)cc1.CC(=O)CC(C)C.O=CC1CCCCC1. The van der Waals surface area contributed by atoms with Crippen molar-refractivity contribution in [1.29, 1.82) is 0 Å². The lowest BCUT2D eigenvalue weighted by Gasteiger charge is -2.16. The van der Waals surface area contributed by atoms with Gasteiger partial charge in [-0.3, -0.25) is 4.99 Å². The fourth-order valence-electron chi connectivity index (χ4n) is 6.14. The second kappa shape index (κ2) is 25.2. The molecule has 3 aromatic rings. The molecule has 4 rings (SSSR count). The number of imidazole rings is 1. The molecule has 1 aliphatic carbocycles. The minimum Gasteiger partial charge on any atom is -0.383 e. The number of benzene rings is 2. The number of rotatable bonds is 18. The van der Waals surface area contributed by atoms with Crippen molar-refractivity contribution in [1.82, 2.24) is 20.2 Å². The van der Waals surface area contributed by atoms with Gasteiger partial charge in [-0.05, 0) is 100 Å². The van der Waals surface area contributed by atoms with Crippen LogP contribution in [0.4, 0.5) is 0 Å². The molecule has 0 amide bonds. The fraction of sp³-hybridized carbons (Fsp3) is 0.545. The van der Waals surface area contributed by atoms with Crippen LogP contribution < -0.4 is 5.32 Å². The third-order valence-corrected chi connectivity index (χ3v) is 9.07. The van der Waals surface area contributed by atoms with Gasteiger partial charge in [-0.1, -0.05) is 108 Å². The minimum atomic E-state index is 0.287. The number of aromatic amines is 1. The number of nitrogens with one attached hydrogen (secondary N) is 2. The zero-order valence-corrected chi connectivity index (χ0v) is 32.8. The Kier molecular flexibility index (Phi) is 21.4. The first kappa shape index (κ1) is 43.3. The van der Waals surface area contributed by atoms with E-state index in [-0.39, 0.29) is 5.78 Å². The third kappa shape index (κ3) is 18.3. The predicted octanol–water partition coefficient (Wildman–Crippen LogP) is 10.4. The molecule has 0 bridgehead atoms. The quantitative estimate of drug-likeness (QED) is 0.0784. The summed E-state index contributed by atoms with van der Waals surface area (Å²) in [5.41, 5.74) is 6.77. The van der Waals surface area contributed by atoms with Crippen molar-refractivity contribution in [3.05, 3.63) is 72.3 Å². The van der Waals surface area contributed by atoms with E-state index in [0.717, 1.165) is 79.8 Å². The maximum Gasteiger partial charge on any atom is 0.130 e. The fourth-order valence-corrected chi connectivity index (χ4v) is 6.14. The molecule has 51 heavy (non-hydrogen) atoms. The van der Waals surface area contributed by atoms with Crippen LogP contribution in [0.5, 0.6) is 0 Å². The molecule has 1 saturated carbocycles. The number of aldehydes is 1. The first-order valence-electron chi connectivity index (χ1n) is 19.3. The summed E-state index contributed by atoms with van der Waals surface area (Å²) in [6.45, 7) is 16.0. The topological polar surface area (TPSA) is 90.4 Å². The van der Waals surface area contributed by atoms with Gasteiger partial charge in [0.05, 0.1) is 17.6 Å². The van der Waals surface area contributed by atoms with Gasteiger partial charge in [0.25, 0.3) is 0 Å². The van der Waals surface area contributed by atoms with Crippen molar-refractivity contribution >= 4 is 24.5 Å². The van der Waals surface area contributed by atoms with Gasteiger partial charge in [0, 0.05) is 31.5 Å². The smallest absolute Gasteiger partial charge is 0.130 e. The number of carbonyl (C=O) groups is 2. The van der Waals surface area contributed by atoms with Gasteiger partial charge < -0.3 is 24.8 Å². The highest BCUT2D eigenvalue weighted by molar-refractivity contribution is 5.75. The molecule has 0 spiro atoms. The van der Waals surface area contributed by atoms with Crippen LogP contribution >= 0.6 is 0 Å². The Morgan fingerprint density at radius 2 is 1.61 bits per heavy atom. The summed E-state index contributed by atoms with van der Waals surface area (Å²) < 4.78 is 0. The van der Waals surface area contributed by atoms with Crippen LogP contribution in [0.3, 0.4) is 0 Å². The number of aliphatic imine (C=N–C) groups is 1. The van der Waals surface area contributed by atoms with Crippen LogP contribution in [0.25, 0.3) is 28.1 Å². The molecule has 1 aromatic heterocycles. The van der Waals surface area contributed by atoms with Crippen molar-refractivity contribution in [2.75, 3.05) is 27.2 Å². The van der Waals surface area contributed by atoms with E-state index in [0.29, 0.717) is 17.8 Å². The lowest BCUT2D eigenvalue weighted by Crippen LogP contribution is -2.20. The van der Waals surface area contributed by atoms with Crippen LogP contribution in [0.2, 0.25) is 0 Å². The molecule has 1 fully saturated rings. The van der Waals surface area contributed by atoms with Crippen LogP contribution in [0, 0.1) is 17.8 Å². The first-order valence-corrected chi connectivity index (χ1v) is 19.3. The number of ketones is 1. The monoisotopic (exact) mass is 698 g/mol. The molecule has 0 radical (unpaired) electrons. The van der Waals surface area contributed by atoms with Crippen molar-refractivity contribution in [2.45, 2.75) is 112 Å². The lowest BCUT2D eigenvalue weighted by atomic mass is 9.91. The maximum atomic E-state index is 10.3. The molecule has 7 heteroatoms. The van der Waals surface area contributed by atoms with Gasteiger partial charge >= 0.3 is 0 Å². The van der Waals surface area contributed by atoms with Gasteiger partial charge in [0.15, 0.2) is 0 Å². The molecule has 1 atom stereocenters. The molecule has 1 aliphatic rings. The van der Waals surface area contributed by atoms with Crippen LogP contribution in [-0.2, 0) is 16.0 Å². The minimum absolute atomic E-state index is 0.287. The van der Waals surface area contributed by atoms with E-state index in [1.807, 2.05) is 26.2 Å². The summed E-state index contributed by atoms with van der Waals surface area (Å²) >= 11 is 0. The zero-order valence-electron chi connectivity index (χ0n) is 32.8. The van der Waals surface area contributed by atoms with E-state index < -0.39 is 0 Å². The summed E-state index contributed by atoms with van der Waals surface area (Å²) in [4.78, 5) is 34.7. The lowest BCUT2D eigenvalue weighted by molar-refractivity contribution is -0.117. The molecule has 280 valence electrons. The molecule has 2 aromatic carbocycles. The highest BCUT2D eigenvalue weighted by Crippen LogP contribution is 2.26. The Morgan fingerprint density at radius 1 is 0.980 bits per heavy atom. The molecular weight excluding hydrogens is 631 g/mol. The molecule has 1 heterocycles. The van der Waals surface area contributed by atoms with Gasteiger partial charge in [0.2, 0.25) is 0 Å². The molecule has 7 nitrogen and oxygen atoms in total. The predicted molar refractivity (Wildman–Crippen MR) is 218 cm³/mol. The van der Waals surface area contributed by atoms with Crippen LogP contribution in [0.1, 0.15) is 117 Å². The molecular formula is C44H67N5O2. The van der Waals surface area contributed by atoms with Gasteiger partial charge in [-0.15, -0.1) is 0 Å². The average Bonchev–Trinajstić information content (AvgIpc) is 3.60. The second-order valence-electron chi connectivity index (χ2n) is 14.8. The Labute approximate surface area is 309 Å². The van der Waals surface area contributed by atoms with Gasteiger partial charge in [0.1, 0.15) is 17.9 Å². The van der Waals surface area contributed by atoms with Gasteiger partial charge in [-0.25, -0.2) is 4.98 Å². The summed E-state index contributed by atoms with van der Waals surface area (Å²) in [6, 6.07) is 17.3. The third-order valence-electron chi connectivity index (χ3n) is 9.07. The van der Waals surface area contributed by atoms with E-state index in [9.17, 15) is 9.59 Å². The molecule has 0 unspecified atom stereocenters. The number of hydrogen-bond acceptors (Lipinski definition) is 6. The number of aryl methyl sites for hydroxylation is 1. The summed E-state index contributed by atoms with van der Waals surface area (Å²) in [5, 5.41) is 3.57. The van der Waals surface area contributed by atoms with Crippen molar-refractivity contribution in [2.24, 2.45) is 22.7 Å². The maximum absolute atomic E-state index is 10.3. The molecule has 0 saturated heterocycles. The Bertz CT molecular complexity index is 1420. The van der Waals surface area contributed by atoms with Crippen molar-refractivity contribution in [3.63, 3.8) is 0 Å². The Hall–Kier alpha value is -3.84. The average molecular weight is 698 g/mol. The number of nitrogens with zero attached hydrogens (tertiary/aromatic N) is 3. The number of unbranched alkanes of at least 4 members (excludes halogenated alkanes) is 2. The second-order valence-corrected chi connectivity index (χ2v) is 14.8. The van der Waals surface area contributed by atoms with E-state index in [1.165, 1.54) is 56.1 Å². The van der Waals surface area contributed by atoms with E-state index >= 15 is 0 Å². The number of Topliss-reactive ketones (excluding diaryl/α,β-unsaturated/α-hetero) is 1. The summed E-state index contributed by atoms with van der Waals surface area (Å²) in [7, 11) is 4.23.